The molecular formula is C19H21ClO2. The number of benzene rings is 2. The Kier molecular flexibility index (Phi) is 5.28. The average molecular weight is 317 g/mol. The van der Waals surface area contributed by atoms with Crippen LogP contribution in [0.25, 0.3) is 0 Å². The first-order chi connectivity index (χ1) is 10.4. The molecule has 0 radical (unpaired) electrons. The molecule has 1 N–H and O–H groups in total. The number of aliphatic hydroxyl groups excluding tert-OH is 1. The average Bonchev–Trinajstić information content (AvgIpc) is 2.52. The number of rotatable bonds is 4. The van der Waals surface area contributed by atoms with Crippen LogP contribution in [0.15, 0.2) is 71.5 Å². The van der Waals surface area contributed by atoms with E-state index in [0.29, 0.717) is 16.5 Å². The molecule has 3 heteroatoms. The van der Waals surface area contributed by atoms with Crippen LogP contribution in [0.4, 0.5) is 0 Å². The number of allylic oxidation sites excluding steroid dienone is 1. The quantitative estimate of drug-likeness (QED) is 0.776. The number of hydrogen-bond donors (Lipinski definition) is 1. The standard InChI is InChI=1S/C19H21ClO2/c1-19(2,3)18(22-15-12-8-5-9-13-15)16(20)17(21)14-10-6-4-7-11-14/h4-13,17,21H,1-3H3/b18-16+/t17-/m1/s1. The van der Waals surface area contributed by atoms with Crippen LogP contribution in [0.1, 0.15) is 32.4 Å². The van der Waals surface area contributed by atoms with Crippen molar-refractivity contribution in [3.63, 3.8) is 0 Å². The van der Waals surface area contributed by atoms with Crippen molar-refractivity contribution in [1.29, 1.82) is 0 Å². The zero-order valence-corrected chi connectivity index (χ0v) is 13.8. The van der Waals surface area contributed by atoms with E-state index in [2.05, 4.69) is 0 Å². The van der Waals surface area contributed by atoms with Crippen molar-refractivity contribution in [1.82, 2.24) is 0 Å². The normalized spacial score (nSPS) is 14.2. The number of hydrogen-bond acceptors (Lipinski definition) is 2. The molecule has 0 saturated carbocycles. The highest BCUT2D eigenvalue weighted by molar-refractivity contribution is 6.30. The van der Waals surface area contributed by atoms with E-state index in [1.165, 1.54) is 0 Å². The molecule has 0 aliphatic carbocycles. The van der Waals surface area contributed by atoms with Crippen molar-refractivity contribution < 1.29 is 9.84 Å². The Morgan fingerprint density at radius 1 is 0.955 bits per heavy atom. The highest BCUT2D eigenvalue weighted by Gasteiger charge is 2.27. The van der Waals surface area contributed by atoms with Crippen molar-refractivity contribution in [2.45, 2.75) is 26.9 Å². The van der Waals surface area contributed by atoms with Gasteiger partial charge in [0.05, 0.1) is 5.03 Å². The summed E-state index contributed by atoms with van der Waals surface area (Å²) in [5.41, 5.74) is 0.411. The lowest BCUT2D eigenvalue weighted by Gasteiger charge is -2.26. The lowest BCUT2D eigenvalue weighted by molar-refractivity contribution is 0.205. The van der Waals surface area contributed by atoms with Crippen LogP contribution >= 0.6 is 11.6 Å². The maximum absolute atomic E-state index is 10.5. The van der Waals surface area contributed by atoms with Gasteiger partial charge in [0.25, 0.3) is 0 Å². The molecule has 0 saturated heterocycles. The maximum atomic E-state index is 10.5. The van der Waals surface area contributed by atoms with Gasteiger partial charge >= 0.3 is 0 Å². The smallest absolute Gasteiger partial charge is 0.127 e. The van der Waals surface area contributed by atoms with E-state index in [0.717, 1.165) is 5.56 Å². The summed E-state index contributed by atoms with van der Waals surface area (Å²) in [6.07, 6.45) is -0.902. The molecule has 1 atom stereocenters. The Morgan fingerprint density at radius 2 is 1.45 bits per heavy atom. The van der Waals surface area contributed by atoms with Gasteiger partial charge in [-0.2, -0.15) is 0 Å². The molecule has 0 fully saturated rings. The van der Waals surface area contributed by atoms with E-state index in [1.807, 2.05) is 81.4 Å². The van der Waals surface area contributed by atoms with Crippen LogP contribution in [0.2, 0.25) is 0 Å². The number of ether oxygens (including phenoxy) is 1. The van der Waals surface area contributed by atoms with E-state index in [1.54, 1.807) is 0 Å². The number of para-hydroxylation sites is 1. The predicted molar refractivity (Wildman–Crippen MR) is 90.8 cm³/mol. The molecule has 2 rings (SSSR count). The third kappa shape index (κ3) is 4.12. The molecule has 2 aromatic carbocycles. The predicted octanol–water partition coefficient (Wildman–Crippen LogP) is 5.30. The second kappa shape index (κ2) is 6.99. The molecule has 0 bridgehead atoms. The summed E-state index contributed by atoms with van der Waals surface area (Å²) in [5.74, 6) is 1.27. The van der Waals surface area contributed by atoms with Gasteiger partial charge in [0.1, 0.15) is 17.6 Å². The third-order valence-corrected chi connectivity index (χ3v) is 3.59. The zero-order valence-electron chi connectivity index (χ0n) is 13.1. The summed E-state index contributed by atoms with van der Waals surface area (Å²) < 4.78 is 5.97. The van der Waals surface area contributed by atoms with Gasteiger partial charge in [-0.3, -0.25) is 0 Å². The van der Waals surface area contributed by atoms with Crippen molar-refractivity contribution in [3.8, 4) is 5.75 Å². The molecule has 0 amide bonds. The van der Waals surface area contributed by atoms with Crippen LogP contribution in [0, 0.1) is 5.41 Å². The second-order valence-corrected chi connectivity index (χ2v) is 6.56. The van der Waals surface area contributed by atoms with Crippen LogP contribution in [-0.4, -0.2) is 5.11 Å². The van der Waals surface area contributed by atoms with Crippen LogP contribution in [0.5, 0.6) is 5.75 Å². The van der Waals surface area contributed by atoms with Crippen molar-refractivity contribution in [2.75, 3.05) is 0 Å². The third-order valence-electron chi connectivity index (χ3n) is 3.22. The van der Waals surface area contributed by atoms with Crippen LogP contribution in [0.3, 0.4) is 0 Å². The molecule has 0 aliphatic heterocycles. The lowest BCUT2D eigenvalue weighted by atomic mass is 9.91. The summed E-state index contributed by atoms with van der Waals surface area (Å²) in [6, 6.07) is 18.8. The lowest BCUT2D eigenvalue weighted by Crippen LogP contribution is -2.18. The fourth-order valence-corrected chi connectivity index (χ4v) is 2.52. The molecule has 0 spiro atoms. The molecule has 0 aromatic heterocycles. The molecule has 2 nitrogen and oxygen atoms in total. The van der Waals surface area contributed by atoms with Crippen molar-refractivity contribution in [2.24, 2.45) is 5.41 Å². The summed E-state index contributed by atoms with van der Waals surface area (Å²) in [4.78, 5) is 0. The van der Waals surface area contributed by atoms with E-state index in [-0.39, 0.29) is 5.41 Å². The minimum atomic E-state index is -0.902. The van der Waals surface area contributed by atoms with Gasteiger partial charge in [0, 0.05) is 5.41 Å². The summed E-state index contributed by atoms with van der Waals surface area (Å²) >= 11 is 6.47. The van der Waals surface area contributed by atoms with E-state index >= 15 is 0 Å². The minimum absolute atomic E-state index is 0.308. The van der Waals surface area contributed by atoms with E-state index < -0.39 is 6.10 Å². The van der Waals surface area contributed by atoms with Crippen LogP contribution in [-0.2, 0) is 0 Å². The Bertz CT molecular complexity index is 627. The molecule has 0 unspecified atom stereocenters. The first-order valence-corrected chi connectivity index (χ1v) is 7.63. The van der Waals surface area contributed by atoms with Gasteiger partial charge in [-0.15, -0.1) is 0 Å². The number of halogens is 1. The van der Waals surface area contributed by atoms with Gasteiger partial charge in [0.15, 0.2) is 0 Å². The second-order valence-electron chi connectivity index (χ2n) is 6.16. The summed E-state index contributed by atoms with van der Waals surface area (Å²) in [5, 5.41) is 10.8. The summed E-state index contributed by atoms with van der Waals surface area (Å²) in [7, 11) is 0. The Morgan fingerprint density at radius 3 is 1.95 bits per heavy atom. The first kappa shape index (κ1) is 16.6. The number of aliphatic hydroxyl groups is 1. The summed E-state index contributed by atoms with van der Waals surface area (Å²) in [6.45, 7) is 6.02. The molecule has 2 aromatic rings. The monoisotopic (exact) mass is 316 g/mol. The van der Waals surface area contributed by atoms with Gasteiger partial charge in [-0.1, -0.05) is 80.9 Å². The maximum Gasteiger partial charge on any atom is 0.127 e. The van der Waals surface area contributed by atoms with Gasteiger partial charge < -0.3 is 9.84 Å². The molecular weight excluding hydrogens is 296 g/mol. The Balaban J connectivity index is 2.39. The highest BCUT2D eigenvalue weighted by Crippen LogP contribution is 2.37. The van der Waals surface area contributed by atoms with Gasteiger partial charge in [0.2, 0.25) is 0 Å². The zero-order chi connectivity index (χ0) is 16.2. The Hall–Kier alpha value is -1.77. The Labute approximate surface area is 137 Å². The molecule has 22 heavy (non-hydrogen) atoms. The topological polar surface area (TPSA) is 29.5 Å². The molecule has 0 aliphatic rings. The van der Waals surface area contributed by atoms with Gasteiger partial charge in [-0.05, 0) is 17.7 Å². The van der Waals surface area contributed by atoms with E-state index in [9.17, 15) is 5.11 Å². The van der Waals surface area contributed by atoms with Crippen LogP contribution < -0.4 is 4.74 Å². The van der Waals surface area contributed by atoms with E-state index in [4.69, 9.17) is 16.3 Å². The SMILES string of the molecule is CC(C)(C)/C(Oc1ccccc1)=C(\Cl)[C@H](O)c1ccccc1. The fourth-order valence-electron chi connectivity index (χ4n) is 2.07. The minimum Gasteiger partial charge on any atom is -0.460 e. The fraction of sp³-hybridized carbons (Fsp3) is 0.263. The largest absolute Gasteiger partial charge is 0.460 e. The van der Waals surface area contributed by atoms with Crippen molar-refractivity contribution in [3.05, 3.63) is 77.0 Å². The first-order valence-electron chi connectivity index (χ1n) is 7.25. The van der Waals surface area contributed by atoms with Gasteiger partial charge in [-0.25, -0.2) is 0 Å². The molecule has 116 valence electrons. The molecule has 0 heterocycles. The highest BCUT2D eigenvalue weighted by atomic mass is 35.5. The van der Waals surface area contributed by atoms with Crippen molar-refractivity contribution >= 4 is 11.6 Å².